The summed E-state index contributed by atoms with van der Waals surface area (Å²) in [7, 11) is 0. The van der Waals surface area contributed by atoms with E-state index in [4.69, 9.17) is 28.3 Å². The van der Waals surface area contributed by atoms with Gasteiger partial charge in [-0.3, -0.25) is 4.79 Å². The van der Waals surface area contributed by atoms with Gasteiger partial charge < -0.3 is 10.4 Å². The van der Waals surface area contributed by atoms with Crippen LogP contribution in [0.3, 0.4) is 0 Å². The highest BCUT2D eigenvalue weighted by Crippen LogP contribution is 2.31. The van der Waals surface area contributed by atoms with E-state index in [2.05, 4.69) is 5.32 Å². The molecule has 110 valence electrons. The van der Waals surface area contributed by atoms with Gasteiger partial charge in [-0.25, -0.2) is 0 Å². The minimum Gasteiger partial charge on any atom is -0.481 e. The van der Waals surface area contributed by atoms with Gasteiger partial charge >= 0.3 is 5.97 Å². The number of carboxylic acids is 1. The average molecular weight is 316 g/mol. The second-order valence-corrected chi connectivity index (χ2v) is 6.22. The number of nitrogens with one attached hydrogen (secondary N) is 1. The van der Waals surface area contributed by atoms with Crippen LogP contribution in [0.5, 0.6) is 0 Å². The highest BCUT2D eigenvalue weighted by atomic mass is 35.5. The molecule has 1 aromatic carbocycles. The Morgan fingerprint density at radius 2 is 2.15 bits per heavy atom. The number of carbonyl (C=O) groups is 1. The lowest BCUT2D eigenvalue weighted by Gasteiger charge is -2.30. The molecule has 0 radical (unpaired) electrons. The largest absolute Gasteiger partial charge is 0.481 e. The Bertz CT molecular complexity index is 493. The fourth-order valence-corrected chi connectivity index (χ4v) is 3.34. The first kappa shape index (κ1) is 15.6. The lowest BCUT2D eigenvalue weighted by molar-refractivity contribution is -0.143. The molecule has 0 aromatic heterocycles. The first-order chi connectivity index (χ1) is 9.49. The second kappa shape index (κ2) is 6.79. The van der Waals surface area contributed by atoms with Crippen LogP contribution in [-0.4, -0.2) is 17.1 Å². The first-order valence-corrected chi connectivity index (χ1v) is 7.67. The molecule has 3 unspecified atom stereocenters. The maximum Gasteiger partial charge on any atom is 0.306 e. The van der Waals surface area contributed by atoms with Crippen molar-refractivity contribution in [2.45, 2.75) is 44.7 Å². The standard InChI is InChI=1S/C15H19Cl2NO2/c1-9(12-6-3-7-13(16)14(12)17)18-11-5-2-4-10(8-11)15(19)20/h3,6-7,9-11,18H,2,4-5,8H2,1H3,(H,19,20). The van der Waals surface area contributed by atoms with Crippen LogP contribution in [0.2, 0.25) is 10.0 Å². The summed E-state index contributed by atoms with van der Waals surface area (Å²) in [5.74, 6) is -0.923. The number of halogens is 2. The molecule has 5 heteroatoms. The van der Waals surface area contributed by atoms with Crippen LogP contribution in [0.1, 0.15) is 44.2 Å². The maximum absolute atomic E-state index is 11.1. The number of rotatable bonds is 4. The van der Waals surface area contributed by atoms with Crippen molar-refractivity contribution in [2.24, 2.45) is 5.92 Å². The molecule has 1 aromatic rings. The molecular weight excluding hydrogens is 297 g/mol. The van der Waals surface area contributed by atoms with E-state index in [1.54, 1.807) is 6.07 Å². The number of carboxylic acid groups (broad SMARTS) is 1. The van der Waals surface area contributed by atoms with Crippen LogP contribution in [0, 0.1) is 5.92 Å². The fraction of sp³-hybridized carbons (Fsp3) is 0.533. The van der Waals surface area contributed by atoms with Crippen LogP contribution in [0.25, 0.3) is 0 Å². The minimum absolute atomic E-state index is 0.0544. The van der Waals surface area contributed by atoms with Gasteiger partial charge in [0, 0.05) is 12.1 Å². The van der Waals surface area contributed by atoms with Crippen molar-refractivity contribution in [3.8, 4) is 0 Å². The van der Waals surface area contributed by atoms with Gasteiger partial charge in [-0.2, -0.15) is 0 Å². The maximum atomic E-state index is 11.1. The van der Waals surface area contributed by atoms with E-state index in [-0.39, 0.29) is 18.0 Å². The van der Waals surface area contributed by atoms with Gasteiger partial charge in [0.15, 0.2) is 0 Å². The third kappa shape index (κ3) is 3.66. The average Bonchev–Trinajstić information content (AvgIpc) is 2.42. The Labute approximate surface area is 129 Å². The molecule has 0 spiro atoms. The van der Waals surface area contributed by atoms with Gasteiger partial charge in [0.25, 0.3) is 0 Å². The van der Waals surface area contributed by atoms with Gasteiger partial charge in [0.05, 0.1) is 16.0 Å². The Balaban J connectivity index is 2.02. The molecule has 20 heavy (non-hydrogen) atoms. The molecule has 0 heterocycles. The summed E-state index contributed by atoms with van der Waals surface area (Å²) in [6, 6.07) is 5.86. The predicted molar refractivity (Wildman–Crippen MR) is 81.4 cm³/mol. The van der Waals surface area contributed by atoms with Gasteiger partial charge in [-0.05, 0) is 37.8 Å². The van der Waals surface area contributed by atoms with Gasteiger partial charge in [0.2, 0.25) is 0 Å². The summed E-state index contributed by atoms with van der Waals surface area (Å²) in [4.78, 5) is 11.1. The highest BCUT2D eigenvalue weighted by Gasteiger charge is 2.28. The van der Waals surface area contributed by atoms with Crippen LogP contribution >= 0.6 is 23.2 Å². The zero-order valence-electron chi connectivity index (χ0n) is 11.4. The van der Waals surface area contributed by atoms with E-state index in [1.807, 2.05) is 19.1 Å². The molecule has 1 aliphatic carbocycles. The summed E-state index contributed by atoms with van der Waals surface area (Å²) in [5.41, 5.74) is 0.955. The minimum atomic E-state index is -0.690. The van der Waals surface area contributed by atoms with Gasteiger partial charge in [-0.15, -0.1) is 0 Å². The van der Waals surface area contributed by atoms with E-state index in [9.17, 15) is 4.79 Å². The van der Waals surface area contributed by atoms with Gasteiger partial charge in [-0.1, -0.05) is 41.8 Å². The molecule has 0 aliphatic heterocycles. The van der Waals surface area contributed by atoms with Crippen molar-refractivity contribution in [1.82, 2.24) is 5.32 Å². The van der Waals surface area contributed by atoms with Crippen LogP contribution in [-0.2, 0) is 4.79 Å². The zero-order chi connectivity index (χ0) is 14.7. The molecule has 0 amide bonds. The van der Waals surface area contributed by atoms with Crippen molar-refractivity contribution < 1.29 is 9.90 Å². The zero-order valence-corrected chi connectivity index (χ0v) is 12.9. The normalized spacial score (nSPS) is 24.4. The number of benzene rings is 1. The molecule has 1 aliphatic rings. The molecular formula is C15H19Cl2NO2. The van der Waals surface area contributed by atoms with Crippen LogP contribution in [0.4, 0.5) is 0 Å². The molecule has 0 bridgehead atoms. The Kier molecular flexibility index (Phi) is 5.30. The van der Waals surface area contributed by atoms with Crippen LogP contribution < -0.4 is 5.32 Å². The van der Waals surface area contributed by atoms with Crippen molar-refractivity contribution in [1.29, 1.82) is 0 Å². The third-order valence-corrected chi connectivity index (χ3v) is 4.79. The van der Waals surface area contributed by atoms with Crippen molar-refractivity contribution >= 4 is 29.2 Å². The number of hydrogen-bond acceptors (Lipinski definition) is 2. The smallest absolute Gasteiger partial charge is 0.306 e. The van der Waals surface area contributed by atoms with E-state index >= 15 is 0 Å². The molecule has 3 nitrogen and oxygen atoms in total. The molecule has 2 rings (SSSR count). The molecule has 1 saturated carbocycles. The SMILES string of the molecule is CC(NC1CCCC(C(=O)O)C1)c1cccc(Cl)c1Cl. The second-order valence-electron chi connectivity index (χ2n) is 5.43. The topological polar surface area (TPSA) is 49.3 Å². The fourth-order valence-electron chi connectivity index (χ4n) is 2.86. The Morgan fingerprint density at radius 3 is 2.85 bits per heavy atom. The molecule has 1 fully saturated rings. The quantitative estimate of drug-likeness (QED) is 0.871. The van der Waals surface area contributed by atoms with Gasteiger partial charge in [0.1, 0.15) is 0 Å². The third-order valence-electron chi connectivity index (χ3n) is 3.96. The monoisotopic (exact) mass is 315 g/mol. The Morgan fingerprint density at radius 1 is 1.40 bits per heavy atom. The van der Waals surface area contributed by atoms with Crippen molar-refractivity contribution in [2.75, 3.05) is 0 Å². The lowest BCUT2D eigenvalue weighted by Crippen LogP contribution is -2.37. The molecule has 0 saturated heterocycles. The van der Waals surface area contributed by atoms with E-state index in [1.165, 1.54) is 0 Å². The number of aliphatic carboxylic acids is 1. The number of hydrogen-bond donors (Lipinski definition) is 2. The van der Waals surface area contributed by atoms with Crippen LogP contribution in [0.15, 0.2) is 18.2 Å². The molecule has 2 N–H and O–H groups in total. The Hall–Kier alpha value is -0.770. The summed E-state index contributed by atoms with van der Waals surface area (Å²) >= 11 is 12.2. The predicted octanol–water partition coefficient (Wildman–Crippen LogP) is 4.29. The summed E-state index contributed by atoms with van der Waals surface area (Å²) in [5, 5.41) is 13.7. The molecule has 3 atom stereocenters. The summed E-state index contributed by atoms with van der Waals surface area (Å²) in [6.45, 7) is 2.03. The summed E-state index contributed by atoms with van der Waals surface area (Å²) < 4.78 is 0. The summed E-state index contributed by atoms with van der Waals surface area (Å²) in [6.07, 6.45) is 3.41. The van der Waals surface area contributed by atoms with Crippen molar-refractivity contribution in [3.05, 3.63) is 33.8 Å². The van der Waals surface area contributed by atoms with E-state index in [0.29, 0.717) is 16.5 Å². The van der Waals surface area contributed by atoms with E-state index < -0.39 is 5.97 Å². The highest BCUT2D eigenvalue weighted by molar-refractivity contribution is 6.42. The van der Waals surface area contributed by atoms with Crippen molar-refractivity contribution in [3.63, 3.8) is 0 Å². The lowest BCUT2D eigenvalue weighted by atomic mass is 9.85. The van der Waals surface area contributed by atoms with E-state index in [0.717, 1.165) is 24.8 Å². The first-order valence-electron chi connectivity index (χ1n) is 6.91.